The molecule has 0 amide bonds. The van der Waals surface area contributed by atoms with E-state index in [2.05, 4.69) is 21.9 Å². The maximum atomic E-state index is 8.81. The Balaban J connectivity index is 1.79. The molecule has 2 saturated heterocycles. The standard InChI is InChI=1S/C15H30N4O/c1-12-10-19-8-4-6-13(19)11-18(12)9-5-7-15(2,3)14(16)17-20/h12-13,20H,4-11H2,1-3H3,(H2,16,17). The van der Waals surface area contributed by atoms with Gasteiger partial charge in [-0.3, -0.25) is 9.80 Å². The van der Waals surface area contributed by atoms with Crippen LogP contribution in [-0.4, -0.2) is 59.1 Å². The zero-order chi connectivity index (χ0) is 14.8. The molecule has 5 nitrogen and oxygen atoms in total. The minimum absolute atomic E-state index is 0.215. The number of oxime groups is 1. The third-order valence-corrected chi connectivity index (χ3v) is 5.11. The number of nitrogens with zero attached hydrogens (tertiary/aromatic N) is 3. The summed E-state index contributed by atoms with van der Waals surface area (Å²) in [6.07, 6.45) is 4.78. The van der Waals surface area contributed by atoms with Gasteiger partial charge in [-0.1, -0.05) is 19.0 Å². The molecule has 0 aromatic carbocycles. The van der Waals surface area contributed by atoms with Crippen molar-refractivity contribution in [2.45, 2.75) is 58.5 Å². The van der Waals surface area contributed by atoms with Gasteiger partial charge in [0.15, 0.2) is 0 Å². The Morgan fingerprint density at radius 2 is 2.15 bits per heavy atom. The normalized spacial score (nSPS) is 29.6. The minimum Gasteiger partial charge on any atom is -0.409 e. The van der Waals surface area contributed by atoms with Gasteiger partial charge in [0.1, 0.15) is 5.84 Å². The molecule has 2 fully saturated rings. The summed E-state index contributed by atoms with van der Waals surface area (Å²) in [7, 11) is 0. The molecule has 2 aliphatic heterocycles. The van der Waals surface area contributed by atoms with Crippen LogP contribution in [0.4, 0.5) is 0 Å². The molecule has 2 heterocycles. The Kier molecular flexibility index (Phi) is 4.91. The van der Waals surface area contributed by atoms with E-state index in [4.69, 9.17) is 10.9 Å². The second-order valence-electron chi connectivity index (χ2n) is 7.11. The molecule has 5 heteroatoms. The first kappa shape index (κ1) is 15.6. The average molecular weight is 282 g/mol. The van der Waals surface area contributed by atoms with Crippen LogP contribution in [0.25, 0.3) is 0 Å². The molecule has 0 aromatic rings. The van der Waals surface area contributed by atoms with E-state index in [0.29, 0.717) is 11.9 Å². The summed E-state index contributed by atoms with van der Waals surface area (Å²) in [6, 6.07) is 1.43. The Bertz CT molecular complexity index is 356. The summed E-state index contributed by atoms with van der Waals surface area (Å²) in [5.41, 5.74) is 5.53. The summed E-state index contributed by atoms with van der Waals surface area (Å²) in [4.78, 5) is 5.27. The number of fused-ring (bicyclic) bond motifs is 1. The van der Waals surface area contributed by atoms with Gasteiger partial charge in [0.2, 0.25) is 0 Å². The molecule has 2 aliphatic rings. The zero-order valence-electron chi connectivity index (χ0n) is 13.2. The van der Waals surface area contributed by atoms with E-state index in [-0.39, 0.29) is 5.41 Å². The van der Waals surface area contributed by atoms with Crippen LogP contribution >= 0.6 is 0 Å². The third kappa shape index (κ3) is 3.44. The van der Waals surface area contributed by atoms with Crippen molar-refractivity contribution >= 4 is 5.84 Å². The maximum Gasteiger partial charge on any atom is 0.144 e. The molecule has 0 spiro atoms. The third-order valence-electron chi connectivity index (χ3n) is 5.11. The predicted octanol–water partition coefficient (Wildman–Crippen LogP) is 1.71. The second kappa shape index (κ2) is 6.31. The van der Waals surface area contributed by atoms with E-state index in [1.165, 1.54) is 32.5 Å². The van der Waals surface area contributed by atoms with E-state index >= 15 is 0 Å². The molecule has 3 N–H and O–H groups in total. The van der Waals surface area contributed by atoms with Crippen molar-refractivity contribution < 1.29 is 5.21 Å². The van der Waals surface area contributed by atoms with Gasteiger partial charge in [0.25, 0.3) is 0 Å². The van der Waals surface area contributed by atoms with Crippen molar-refractivity contribution in [1.82, 2.24) is 9.80 Å². The molecular formula is C15H30N4O. The molecule has 0 aliphatic carbocycles. The first-order chi connectivity index (χ1) is 9.44. The highest BCUT2D eigenvalue weighted by atomic mass is 16.4. The highest BCUT2D eigenvalue weighted by Gasteiger charge is 2.34. The van der Waals surface area contributed by atoms with Gasteiger partial charge in [0.05, 0.1) is 0 Å². The topological polar surface area (TPSA) is 65.1 Å². The van der Waals surface area contributed by atoms with Crippen LogP contribution in [0.1, 0.15) is 46.5 Å². The molecule has 20 heavy (non-hydrogen) atoms. The first-order valence-corrected chi connectivity index (χ1v) is 7.90. The fraction of sp³-hybridized carbons (Fsp3) is 0.933. The highest BCUT2D eigenvalue weighted by molar-refractivity contribution is 5.85. The molecule has 0 bridgehead atoms. The van der Waals surface area contributed by atoms with Crippen LogP contribution in [0.5, 0.6) is 0 Å². The van der Waals surface area contributed by atoms with Crippen LogP contribution in [0.2, 0.25) is 0 Å². The van der Waals surface area contributed by atoms with E-state index in [1.54, 1.807) is 0 Å². The summed E-state index contributed by atoms with van der Waals surface area (Å²) >= 11 is 0. The Morgan fingerprint density at radius 1 is 1.40 bits per heavy atom. The lowest BCUT2D eigenvalue weighted by molar-refractivity contribution is 0.0572. The highest BCUT2D eigenvalue weighted by Crippen LogP contribution is 2.26. The van der Waals surface area contributed by atoms with E-state index in [9.17, 15) is 0 Å². The SMILES string of the molecule is CC1CN2CCCC2CN1CCCC(C)(C)C(N)=NO. The Hall–Kier alpha value is -0.810. The number of hydrogen-bond acceptors (Lipinski definition) is 4. The molecule has 2 unspecified atom stereocenters. The van der Waals surface area contributed by atoms with E-state index < -0.39 is 0 Å². The van der Waals surface area contributed by atoms with Gasteiger partial charge < -0.3 is 10.9 Å². The predicted molar refractivity (Wildman–Crippen MR) is 82.1 cm³/mol. The first-order valence-electron chi connectivity index (χ1n) is 7.90. The van der Waals surface area contributed by atoms with Gasteiger partial charge in [-0.2, -0.15) is 0 Å². The molecular weight excluding hydrogens is 252 g/mol. The fourth-order valence-corrected chi connectivity index (χ4v) is 3.55. The van der Waals surface area contributed by atoms with Crippen LogP contribution in [0, 0.1) is 5.41 Å². The van der Waals surface area contributed by atoms with Crippen molar-refractivity contribution in [3.63, 3.8) is 0 Å². The minimum atomic E-state index is -0.215. The lowest BCUT2D eigenvalue weighted by atomic mass is 9.86. The van der Waals surface area contributed by atoms with Gasteiger partial charge in [-0.25, -0.2) is 0 Å². The van der Waals surface area contributed by atoms with Crippen LogP contribution in [0.3, 0.4) is 0 Å². The van der Waals surface area contributed by atoms with Crippen molar-refractivity contribution in [1.29, 1.82) is 0 Å². The zero-order valence-corrected chi connectivity index (χ0v) is 13.2. The number of piperazine rings is 1. The van der Waals surface area contributed by atoms with Crippen molar-refractivity contribution in [3.05, 3.63) is 0 Å². The smallest absolute Gasteiger partial charge is 0.144 e. The molecule has 116 valence electrons. The Labute approximate surface area is 122 Å². The molecule has 0 radical (unpaired) electrons. The summed E-state index contributed by atoms with van der Waals surface area (Å²) in [5, 5.41) is 12.0. The monoisotopic (exact) mass is 282 g/mol. The van der Waals surface area contributed by atoms with Crippen molar-refractivity contribution in [2.24, 2.45) is 16.3 Å². The van der Waals surface area contributed by atoms with Crippen LogP contribution in [0.15, 0.2) is 5.16 Å². The molecule has 2 rings (SSSR count). The summed E-state index contributed by atoms with van der Waals surface area (Å²) in [5.74, 6) is 0.339. The fourth-order valence-electron chi connectivity index (χ4n) is 3.55. The lowest BCUT2D eigenvalue weighted by Crippen LogP contribution is -2.55. The van der Waals surface area contributed by atoms with E-state index in [1.807, 2.05) is 13.8 Å². The number of rotatable bonds is 5. The largest absolute Gasteiger partial charge is 0.409 e. The second-order valence-corrected chi connectivity index (χ2v) is 7.11. The van der Waals surface area contributed by atoms with E-state index in [0.717, 1.165) is 25.4 Å². The Morgan fingerprint density at radius 3 is 2.85 bits per heavy atom. The lowest BCUT2D eigenvalue weighted by Gasteiger charge is -2.42. The summed E-state index contributed by atoms with van der Waals surface area (Å²) in [6.45, 7) is 11.3. The summed E-state index contributed by atoms with van der Waals surface area (Å²) < 4.78 is 0. The van der Waals surface area contributed by atoms with Gasteiger partial charge >= 0.3 is 0 Å². The van der Waals surface area contributed by atoms with Crippen LogP contribution < -0.4 is 5.73 Å². The quantitative estimate of drug-likeness (QED) is 0.349. The van der Waals surface area contributed by atoms with Gasteiger partial charge in [-0.15, -0.1) is 0 Å². The maximum absolute atomic E-state index is 8.81. The number of amidine groups is 1. The van der Waals surface area contributed by atoms with Crippen molar-refractivity contribution in [2.75, 3.05) is 26.2 Å². The van der Waals surface area contributed by atoms with Crippen LogP contribution in [-0.2, 0) is 0 Å². The average Bonchev–Trinajstić information content (AvgIpc) is 2.84. The number of nitrogens with two attached hydrogens (primary N) is 1. The van der Waals surface area contributed by atoms with Crippen molar-refractivity contribution in [3.8, 4) is 0 Å². The van der Waals surface area contributed by atoms with Gasteiger partial charge in [0, 0.05) is 30.6 Å². The number of hydrogen-bond donors (Lipinski definition) is 2. The van der Waals surface area contributed by atoms with Gasteiger partial charge in [-0.05, 0) is 45.7 Å². The molecule has 0 aromatic heterocycles. The molecule has 2 atom stereocenters. The molecule has 0 saturated carbocycles.